The summed E-state index contributed by atoms with van der Waals surface area (Å²) in [6, 6.07) is 14.6. The summed E-state index contributed by atoms with van der Waals surface area (Å²) < 4.78 is 11.5. The molecule has 3 aromatic rings. The lowest BCUT2D eigenvalue weighted by Crippen LogP contribution is -2.40. The quantitative estimate of drug-likeness (QED) is 0.759. The minimum Gasteiger partial charge on any atom is -0.488 e. The summed E-state index contributed by atoms with van der Waals surface area (Å²) in [4.78, 5) is 16.4. The maximum absolute atomic E-state index is 12.2. The molecule has 0 radical (unpaired) electrons. The lowest BCUT2D eigenvalue weighted by atomic mass is 9.97. The lowest BCUT2D eigenvalue weighted by molar-refractivity contribution is -0.130. The van der Waals surface area contributed by atoms with Crippen LogP contribution in [0.5, 0.6) is 5.75 Å². The first-order chi connectivity index (χ1) is 13.8. The molecule has 28 heavy (non-hydrogen) atoms. The van der Waals surface area contributed by atoms with E-state index >= 15 is 0 Å². The molecule has 5 heteroatoms. The number of carbonyl (C=O) groups excluding carboxylic acids is 1. The molecule has 142 valence electrons. The normalized spacial score (nSPS) is 20.7. The highest BCUT2D eigenvalue weighted by atomic mass is 16.5. The maximum atomic E-state index is 12.2. The molecule has 1 saturated heterocycles. The third kappa shape index (κ3) is 3.22. The molecular formula is C23H22N2O3. The van der Waals surface area contributed by atoms with Crippen LogP contribution in [-0.2, 0) is 16.0 Å². The van der Waals surface area contributed by atoms with Gasteiger partial charge >= 0.3 is 0 Å². The molecule has 2 atom stereocenters. The van der Waals surface area contributed by atoms with Crippen molar-refractivity contribution in [1.29, 1.82) is 0 Å². The molecule has 0 bridgehead atoms. The Morgan fingerprint density at radius 3 is 2.96 bits per heavy atom. The molecule has 0 spiro atoms. The van der Waals surface area contributed by atoms with Gasteiger partial charge in [-0.05, 0) is 47.4 Å². The fraction of sp³-hybridized carbons (Fsp3) is 0.304. The van der Waals surface area contributed by atoms with Crippen LogP contribution in [-0.4, -0.2) is 36.3 Å². The minimum atomic E-state index is -0.296. The van der Waals surface area contributed by atoms with Crippen molar-refractivity contribution in [3.8, 4) is 16.9 Å². The predicted octanol–water partition coefficient (Wildman–Crippen LogP) is 3.50. The van der Waals surface area contributed by atoms with Gasteiger partial charge in [-0.25, -0.2) is 0 Å². The van der Waals surface area contributed by atoms with Gasteiger partial charge in [0, 0.05) is 36.5 Å². The third-order valence-corrected chi connectivity index (χ3v) is 5.53. The number of nitrogens with one attached hydrogen (secondary N) is 1. The monoisotopic (exact) mass is 374 g/mol. The smallest absolute Gasteiger partial charge is 0.249 e. The van der Waals surface area contributed by atoms with Gasteiger partial charge < -0.3 is 14.8 Å². The second kappa shape index (κ2) is 7.24. The van der Waals surface area contributed by atoms with E-state index in [0.29, 0.717) is 13.2 Å². The summed E-state index contributed by atoms with van der Waals surface area (Å²) in [5, 5.41) is 5.38. The Bertz CT molecular complexity index is 1010. The van der Waals surface area contributed by atoms with Crippen molar-refractivity contribution in [2.45, 2.75) is 31.5 Å². The number of nitrogens with zero attached hydrogens (tertiary/aromatic N) is 1. The van der Waals surface area contributed by atoms with Gasteiger partial charge in [-0.15, -0.1) is 0 Å². The minimum absolute atomic E-state index is 0.0250. The number of rotatable bonds is 4. The first-order valence-electron chi connectivity index (χ1n) is 9.80. The second-order valence-electron chi connectivity index (χ2n) is 7.41. The fourth-order valence-corrected chi connectivity index (χ4v) is 4.08. The van der Waals surface area contributed by atoms with Crippen molar-refractivity contribution in [1.82, 2.24) is 10.3 Å². The Morgan fingerprint density at radius 2 is 2.14 bits per heavy atom. The number of pyridine rings is 1. The van der Waals surface area contributed by atoms with Crippen LogP contribution in [0.25, 0.3) is 21.9 Å². The van der Waals surface area contributed by atoms with Gasteiger partial charge in [0.2, 0.25) is 5.91 Å². The standard InChI is InChI=1S/C23H22N2O3/c26-23(22-4-2-10-27-22)25-14-18-12-20-19-7-5-15(17-3-1-9-24-13-17)11-16(19)6-8-21(20)28-18/h1,3,5-9,11,13,18,22H,2,4,10,12,14H2,(H,25,26). The van der Waals surface area contributed by atoms with E-state index in [4.69, 9.17) is 9.47 Å². The number of hydrogen-bond acceptors (Lipinski definition) is 4. The van der Waals surface area contributed by atoms with E-state index in [1.54, 1.807) is 6.20 Å². The molecule has 1 aromatic heterocycles. The van der Waals surface area contributed by atoms with Gasteiger partial charge in [0.1, 0.15) is 18.0 Å². The van der Waals surface area contributed by atoms with E-state index in [9.17, 15) is 4.79 Å². The molecule has 1 amide bonds. The highest BCUT2D eigenvalue weighted by Gasteiger charge is 2.28. The van der Waals surface area contributed by atoms with Crippen LogP contribution in [0.3, 0.4) is 0 Å². The van der Waals surface area contributed by atoms with Gasteiger partial charge in [0.05, 0.1) is 6.54 Å². The zero-order valence-electron chi connectivity index (χ0n) is 15.6. The van der Waals surface area contributed by atoms with Crippen molar-refractivity contribution < 1.29 is 14.3 Å². The fourth-order valence-electron chi connectivity index (χ4n) is 4.08. The van der Waals surface area contributed by atoms with Gasteiger partial charge in [0.25, 0.3) is 0 Å². The Labute approximate surface area is 163 Å². The second-order valence-corrected chi connectivity index (χ2v) is 7.41. The van der Waals surface area contributed by atoms with E-state index in [1.807, 2.05) is 18.3 Å². The van der Waals surface area contributed by atoms with Crippen molar-refractivity contribution in [3.63, 3.8) is 0 Å². The molecule has 5 nitrogen and oxygen atoms in total. The Balaban J connectivity index is 1.33. The molecular weight excluding hydrogens is 352 g/mol. The predicted molar refractivity (Wildman–Crippen MR) is 107 cm³/mol. The summed E-state index contributed by atoms with van der Waals surface area (Å²) >= 11 is 0. The summed E-state index contributed by atoms with van der Waals surface area (Å²) in [6.45, 7) is 1.18. The SMILES string of the molecule is O=C(NCC1Cc2c(ccc3cc(-c4cccnc4)ccc23)O1)C1CCCO1. The molecule has 2 unspecified atom stereocenters. The van der Waals surface area contributed by atoms with E-state index < -0.39 is 0 Å². The largest absolute Gasteiger partial charge is 0.488 e. The average Bonchev–Trinajstić information content (AvgIpc) is 3.42. The van der Waals surface area contributed by atoms with Crippen molar-refractivity contribution in [2.75, 3.05) is 13.2 Å². The molecule has 2 aromatic carbocycles. The summed E-state index contributed by atoms with van der Waals surface area (Å²) in [5.41, 5.74) is 3.47. The molecule has 2 aliphatic rings. The molecule has 3 heterocycles. The Hall–Kier alpha value is -2.92. The maximum Gasteiger partial charge on any atom is 0.249 e. The number of amides is 1. The Kier molecular flexibility index (Phi) is 4.45. The number of benzene rings is 2. The Morgan fingerprint density at radius 1 is 1.18 bits per heavy atom. The zero-order chi connectivity index (χ0) is 18.9. The van der Waals surface area contributed by atoms with Crippen molar-refractivity contribution in [3.05, 3.63) is 60.4 Å². The van der Waals surface area contributed by atoms with Crippen LogP contribution in [0.2, 0.25) is 0 Å². The van der Waals surface area contributed by atoms with E-state index in [0.717, 1.165) is 36.1 Å². The van der Waals surface area contributed by atoms with Crippen LogP contribution < -0.4 is 10.1 Å². The highest BCUT2D eigenvalue weighted by molar-refractivity contribution is 5.91. The van der Waals surface area contributed by atoms with Crippen LogP contribution in [0.4, 0.5) is 0 Å². The number of hydrogen-bond donors (Lipinski definition) is 1. The first-order valence-corrected chi connectivity index (χ1v) is 9.80. The van der Waals surface area contributed by atoms with Gasteiger partial charge in [0.15, 0.2) is 0 Å². The van der Waals surface area contributed by atoms with Crippen molar-refractivity contribution in [2.24, 2.45) is 0 Å². The zero-order valence-corrected chi connectivity index (χ0v) is 15.6. The summed E-state index contributed by atoms with van der Waals surface area (Å²) in [5.74, 6) is 0.890. The van der Waals surface area contributed by atoms with Crippen LogP contribution in [0.1, 0.15) is 18.4 Å². The summed E-state index contributed by atoms with van der Waals surface area (Å²) in [6.07, 6.45) is 5.89. The molecule has 1 N–H and O–H groups in total. The molecule has 2 aliphatic heterocycles. The molecule has 0 saturated carbocycles. The first kappa shape index (κ1) is 17.2. The lowest BCUT2D eigenvalue weighted by Gasteiger charge is -2.14. The number of fused-ring (bicyclic) bond motifs is 3. The molecule has 1 fully saturated rings. The van der Waals surface area contributed by atoms with E-state index in [1.165, 1.54) is 16.3 Å². The van der Waals surface area contributed by atoms with Crippen molar-refractivity contribution >= 4 is 16.7 Å². The number of aromatic nitrogens is 1. The van der Waals surface area contributed by atoms with E-state index in [-0.39, 0.29) is 18.1 Å². The van der Waals surface area contributed by atoms with Crippen LogP contribution >= 0.6 is 0 Å². The van der Waals surface area contributed by atoms with Gasteiger partial charge in [-0.1, -0.05) is 24.3 Å². The average molecular weight is 374 g/mol. The highest BCUT2D eigenvalue weighted by Crippen LogP contribution is 2.36. The third-order valence-electron chi connectivity index (χ3n) is 5.53. The number of ether oxygens (including phenoxy) is 2. The molecule has 5 rings (SSSR count). The van der Waals surface area contributed by atoms with Crippen LogP contribution in [0, 0.1) is 0 Å². The molecule has 0 aliphatic carbocycles. The van der Waals surface area contributed by atoms with Gasteiger partial charge in [-0.2, -0.15) is 0 Å². The topological polar surface area (TPSA) is 60.5 Å². The van der Waals surface area contributed by atoms with E-state index in [2.05, 4.69) is 40.6 Å². The number of carbonyl (C=O) groups is 1. The summed E-state index contributed by atoms with van der Waals surface area (Å²) in [7, 11) is 0. The van der Waals surface area contributed by atoms with Gasteiger partial charge in [-0.3, -0.25) is 9.78 Å². The van der Waals surface area contributed by atoms with Crippen LogP contribution in [0.15, 0.2) is 54.9 Å².